The Morgan fingerprint density at radius 2 is 1.79 bits per heavy atom. The van der Waals surface area contributed by atoms with E-state index in [1.807, 2.05) is 20.8 Å². The number of carbonyl (C=O) groups excluding carboxylic acids is 2. The van der Waals surface area contributed by atoms with Crippen LogP contribution in [0.3, 0.4) is 0 Å². The summed E-state index contributed by atoms with van der Waals surface area (Å²) in [6.07, 6.45) is -0.961. The zero-order valence-corrected chi connectivity index (χ0v) is 17.4. The third-order valence-electron chi connectivity index (χ3n) is 4.61. The van der Waals surface area contributed by atoms with Crippen molar-refractivity contribution in [2.75, 3.05) is 5.32 Å². The lowest BCUT2D eigenvalue weighted by Crippen LogP contribution is -2.30. The molecule has 0 fully saturated rings. The fraction of sp³-hybridized carbons (Fsp3) is 0.227. The molecule has 150 valence electrons. The van der Waals surface area contributed by atoms with Gasteiger partial charge < -0.3 is 15.0 Å². The molecule has 3 rings (SSSR count). The molecule has 0 spiro atoms. The Kier molecular flexibility index (Phi) is 6.03. The monoisotopic (exact) mass is 411 g/mol. The van der Waals surface area contributed by atoms with Crippen LogP contribution in [0.15, 0.2) is 42.5 Å². The van der Waals surface area contributed by atoms with Gasteiger partial charge in [-0.15, -0.1) is 0 Å². The molecule has 0 saturated heterocycles. The first-order valence-corrected chi connectivity index (χ1v) is 9.54. The molecular formula is C22H22ClN3O3. The molecule has 3 aromatic rings. The zero-order valence-electron chi connectivity index (χ0n) is 16.7. The lowest BCUT2D eigenvalue weighted by atomic mass is 10.1. The van der Waals surface area contributed by atoms with Gasteiger partial charge in [0, 0.05) is 22.0 Å². The summed E-state index contributed by atoms with van der Waals surface area (Å²) in [6, 6.07) is 12.1. The quantitative estimate of drug-likeness (QED) is 0.588. The summed E-state index contributed by atoms with van der Waals surface area (Å²) in [5.41, 5.74) is 4.59. The van der Waals surface area contributed by atoms with E-state index < -0.39 is 18.0 Å². The predicted octanol–water partition coefficient (Wildman–Crippen LogP) is 4.84. The first kappa shape index (κ1) is 20.6. The first-order valence-electron chi connectivity index (χ1n) is 9.16. The summed E-state index contributed by atoms with van der Waals surface area (Å²) in [6.45, 7) is 7.27. The summed E-state index contributed by atoms with van der Waals surface area (Å²) < 4.78 is 5.29. The third kappa shape index (κ3) is 4.84. The number of benzene rings is 2. The summed E-state index contributed by atoms with van der Waals surface area (Å²) in [5.74, 6) is -0.270. The maximum absolute atomic E-state index is 12.4. The Labute approximate surface area is 174 Å². The van der Waals surface area contributed by atoms with E-state index in [1.165, 1.54) is 6.92 Å². The van der Waals surface area contributed by atoms with Crippen molar-refractivity contribution in [2.24, 2.45) is 0 Å². The number of halogens is 1. The van der Waals surface area contributed by atoms with Crippen molar-refractivity contribution >= 4 is 29.2 Å². The van der Waals surface area contributed by atoms with Crippen LogP contribution in [0.1, 0.15) is 34.2 Å². The molecular weight excluding hydrogens is 390 g/mol. The molecule has 1 unspecified atom stereocenters. The highest BCUT2D eigenvalue weighted by molar-refractivity contribution is 6.31. The average molecular weight is 412 g/mol. The van der Waals surface area contributed by atoms with E-state index in [2.05, 4.69) is 15.3 Å². The second-order valence-electron chi connectivity index (χ2n) is 6.87. The van der Waals surface area contributed by atoms with E-state index in [0.29, 0.717) is 16.3 Å². The van der Waals surface area contributed by atoms with Gasteiger partial charge in [0.25, 0.3) is 5.91 Å². The molecule has 2 aromatic carbocycles. The van der Waals surface area contributed by atoms with E-state index in [9.17, 15) is 9.59 Å². The van der Waals surface area contributed by atoms with Gasteiger partial charge in [0.15, 0.2) is 6.10 Å². The number of nitrogens with one attached hydrogen (secondary N) is 2. The Balaban J connectivity index is 1.62. The van der Waals surface area contributed by atoms with Gasteiger partial charge in [-0.25, -0.2) is 9.78 Å². The number of aromatic nitrogens is 2. The van der Waals surface area contributed by atoms with Gasteiger partial charge in [-0.05, 0) is 57.5 Å². The molecule has 0 aliphatic carbocycles. The van der Waals surface area contributed by atoms with E-state index in [0.717, 1.165) is 28.3 Å². The number of esters is 1. The molecule has 29 heavy (non-hydrogen) atoms. The highest BCUT2D eigenvalue weighted by Gasteiger charge is 2.19. The zero-order chi connectivity index (χ0) is 21.1. The van der Waals surface area contributed by atoms with Crippen LogP contribution in [0.5, 0.6) is 0 Å². The molecule has 2 N–H and O–H groups in total. The van der Waals surface area contributed by atoms with Crippen LogP contribution in [-0.2, 0) is 9.53 Å². The number of H-pyrrole nitrogens is 1. The molecule has 7 heteroatoms. The lowest BCUT2D eigenvalue weighted by molar-refractivity contribution is -0.123. The van der Waals surface area contributed by atoms with Crippen LogP contribution in [-0.4, -0.2) is 27.9 Å². The number of hydrogen-bond acceptors (Lipinski definition) is 4. The Hall–Kier alpha value is -3.12. The van der Waals surface area contributed by atoms with Gasteiger partial charge in [-0.3, -0.25) is 4.79 Å². The van der Waals surface area contributed by atoms with Crippen LogP contribution < -0.4 is 5.32 Å². The first-order chi connectivity index (χ1) is 13.7. The number of nitrogens with zero attached hydrogens (tertiary/aromatic N) is 1. The van der Waals surface area contributed by atoms with Crippen molar-refractivity contribution in [3.63, 3.8) is 0 Å². The van der Waals surface area contributed by atoms with Crippen LogP contribution in [0.4, 0.5) is 5.69 Å². The maximum atomic E-state index is 12.4. The summed E-state index contributed by atoms with van der Waals surface area (Å²) in [4.78, 5) is 32.3. The summed E-state index contributed by atoms with van der Waals surface area (Å²) in [5, 5.41) is 3.24. The van der Waals surface area contributed by atoms with Gasteiger partial charge in [0.05, 0.1) is 11.3 Å². The number of aromatic amines is 1. The highest BCUT2D eigenvalue weighted by Crippen LogP contribution is 2.21. The van der Waals surface area contributed by atoms with Crippen molar-refractivity contribution in [1.82, 2.24) is 9.97 Å². The van der Waals surface area contributed by atoms with Gasteiger partial charge >= 0.3 is 5.97 Å². The average Bonchev–Trinajstić information content (AvgIpc) is 3.03. The molecule has 1 heterocycles. The number of ether oxygens (including phenoxy) is 1. The van der Waals surface area contributed by atoms with Gasteiger partial charge in [0.2, 0.25) is 0 Å². The third-order valence-corrected chi connectivity index (χ3v) is 5.02. The van der Waals surface area contributed by atoms with Gasteiger partial charge in [-0.2, -0.15) is 0 Å². The molecule has 0 aliphatic rings. The van der Waals surface area contributed by atoms with E-state index in [-0.39, 0.29) is 0 Å². The normalized spacial score (nSPS) is 11.8. The second kappa shape index (κ2) is 8.49. The Morgan fingerprint density at radius 3 is 2.38 bits per heavy atom. The summed E-state index contributed by atoms with van der Waals surface area (Å²) >= 11 is 6.06. The minimum Gasteiger partial charge on any atom is -0.449 e. The van der Waals surface area contributed by atoms with Crippen molar-refractivity contribution in [3.05, 3.63) is 70.0 Å². The number of rotatable bonds is 5. The van der Waals surface area contributed by atoms with Crippen LogP contribution in [0.2, 0.25) is 5.02 Å². The van der Waals surface area contributed by atoms with E-state index >= 15 is 0 Å². The number of amides is 1. The van der Waals surface area contributed by atoms with Gasteiger partial charge in [-0.1, -0.05) is 29.8 Å². The van der Waals surface area contributed by atoms with Crippen LogP contribution in [0.25, 0.3) is 11.4 Å². The molecule has 1 amide bonds. The Bertz CT molecular complexity index is 1040. The molecule has 6 nitrogen and oxygen atoms in total. The predicted molar refractivity (Wildman–Crippen MR) is 113 cm³/mol. The van der Waals surface area contributed by atoms with Crippen molar-refractivity contribution in [1.29, 1.82) is 0 Å². The van der Waals surface area contributed by atoms with Crippen molar-refractivity contribution in [3.8, 4) is 11.4 Å². The number of hydrogen-bond donors (Lipinski definition) is 2. The lowest BCUT2D eigenvalue weighted by Gasteiger charge is -2.14. The fourth-order valence-corrected chi connectivity index (χ4v) is 2.83. The number of imidazole rings is 1. The number of carbonyl (C=O) groups is 2. The largest absolute Gasteiger partial charge is 0.449 e. The van der Waals surface area contributed by atoms with E-state index in [1.54, 1.807) is 42.5 Å². The SMILES string of the molecule is Cc1ccc(NC(=O)C(C)OC(=O)c2ccc(-c3nc(C)c(C)[nH]3)cc2)cc1Cl. The topological polar surface area (TPSA) is 84.1 Å². The number of anilines is 1. The maximum Gasteiger partial charge on any atom is 0.338 e. The minimum absolute atomic E-state index is 0.354. The minimum atomic E-state index is -0.961. The highest BCUT2D eigenvalue weighted by atomic mass is 35.5. The van der Waals surface area contributed by atoms with Gasteiger partial charge in [0.1, 0.15) is 5.82 Å². The van der Waals surface area contributed by atoms with Crippen LogP contribution in [0, 0.1) is 20.8 Å². The number of aryl methyl sites for hydroxylation is 3. The van der Waals surface area contributed by atoms with Crippen molar-refractivity contribution < 1.29 is 14.3 Å². The molecule has 1 aromatic heterocycles. The van der Waals surface area contributed by atoms with Crippen molar-refractivity contribution in [2.45, 2.75) is 33.8 Å². The smallest absolute Gasteiger partial charge is 0.338 e. The molecule has 0 radical (unpaired) electrons. The van der Waals surface area contributed by atoms with E-state index in [4.69, 9.17) is 16.3 Å². The Morgan fingerprint density at radius 1 is 1.10 bits per heavy atom. The van der Waals surface area contributed by atoms with Crippen LogP contribution >= 0.6 is 11.6 Å². The standard InChI is InChI=1S/C22H22ClN3O3/c1-12-5-10-18(11-19(12)23)26-21(27)15(4)29-22(28)17-8-6-16(7-9-17)20-24-13(2)14(3)25-20/h5-11,15H,1-4H3,(H,24,25)(H,26,27). The molecule has 1 atom stereocenters. The molecule has 0 aliphatic heterocycles. The second-order valence-corrected chi connectivity index (χ2v) is 7.28. The molecule has 0 saturated carbocycles. The fourth-order valence-electron chi connectivity index (χ4n) is 2.65. The summed E-state index contributed by atoms with van der Waals surface area (Å²) in [7, 11) is 0. The molecule has 0 bridgehead atoms.